The molecule has 0 spiro atoms. The van der Waals surface area contributed by atoms with Gasteiger partial charge >= 0.3 is 0 Å². The highest BCUT2D eigenvalue weighted by molar-refractivity contribution is 7.98. The number of likely N-dealkylation sites (tertiary alicyclic amines) is 1. The highest BCUT2D eigenvalue weighted by atomic mass is 32.2. The molecule has 154 valence electrons. The van der Waals surface area contributed by atoms with Crippen LogP contribution in [-0.2, 0) is 18.8 Å². The van der Waals surface area contributed by atoms with Crippen molar-refractivity contribution in [2.45, 2.75) is 43.8 Å². The summed E-state index contributed by atoms with van der Waals surface area (Å²) in [5.74, 6) is 1.83. The van der Waals surface area contributed by atoms with Crippen LogP contribution in [0.4, 0.5) is 0 Å². The van der Waals surface area contributed by atoms with Crippen molar-refractivity contribution in [1.82, 2.24) is 29.0 Å². The van der Waals surface area contributed by atoms with Gasteiger partial charge in [0.25, 0.3) is 0 Å². The lowest BCUT2D eigenvalue weighted by Gasteiger charge is -2.16. The second-order valence-electron chi connectivity index (χ2n) is 7.95. The summed E-state index contributed by atoms with van der Waals surface area (Å²) >= 11 is 1.71. The predicted octanol–water partition coefficient (Wildman–Crippen LogP) is 4.17. The highest BCUT2D eigenvalue weighted by Gasteiger charge is 2.19. The summed E-state index contributed by atoms with van der Waals surface area (Å²) in [4.78, 5) is 7.23. The molecule has 4 aromatic rings. The van der Waals surface area contributed by atoms with E-state index >= 15 is 0 Å². The first-order valence-corrected chi connectivity index (χ1v) is 11.5. The molecule has 3 aromatic heterocycles. The first-order chi connectivity index (χ1) is 14.7. The summed E-state index contributed by atoms with van der Waals surface area (Å²) in [5.41, 5.74) is 4.54. The zero-order valence-electron chi connectivity index (χ0n) is 17.2. The van der Waals surface area contributed by atoms with E-state index in [2.05, 4.69) is 85.8 Å². The predicted molar refractivity (Wildman–Crippen MR) is 120 cm³/mol. The molecular formula is C23H26N6S. The quantitative estimate of drug-likeness (QED) is 0.422. The first-order valence-electron chi connectivity index (χ1n) is 10.5. The van der Waals surface area contributed by atoms with Gasteiger partial charge in [0.2, 0.25) is 0 Å². The van der Waals surface area contributed by atoms with Crippen molar-refractivity contribution in [1.29, 1.82) is 0 Å². The number of thioether (sulfide) groups is 1. The SMILES string of the molecule is Cc1ccc2nc(CSc3nnc(CN4CCCC4)n3Cc3ccccc3)cn2c1. The molecule has 0 N–H and O–H groups in total. The van der Waals surface area contributed by atoms with Gasteiger partial charge in [0.05, 0.1) is 18.8 Å². The topological polar surface area (TPSA) is 51.2 Å². The Hall–Kier alpha value is -2.64. The molecule has 7 heteroatoms. The average molecular weight is 419 g/mol. The minimum Gasteiger partial charge on any atom is -0.307 e. The Morgan fingerprint density at radius 2 is 1.77 bits per heavy atom. The van der Waals surface area contributed by atoms with Crippen molar-refractivity contribution >= 4 is 17.4 Å². The van der Waals surface area contributed by atoms with E-state index in [1.807, 2.05) is 0 Å². The Kier molecular flexibility index (Phi) is 5.55. The number of imidazole rings is 1. The number of hydrogen-bond acceptors (Lipinski definition) is 5. The molecule has 5 rings (SSSR count). The highest BCUT2D eigenvalue weighted by Crippen LogP contribution is 2.24. The van der Waals surface area contributed by atoms with E-state index in [-0.39, 0.29) is 0 Å². The summed E-state index contributed by atoms with van der Waals surface area (Å²) in [6.07, 6.45) is 6.78. The molecule has 0 amide bonds. The summed E-state index contributed by atoms with van der Waals surface area (Å²) in [6.45, 7) is 6.07. The molecule has 0 radical (unpaired) electrons. The van der Waals surface area contributed by atoms with Crippen LogP contribution >= 0.6 is 11.8 Å². The van der Waals surface area contributed by atoms with E-state index in [9.17, 15) is 0 Å². The van der Waals surface area contributed by atoms with Crippen molar-refractivity contribution in [3.8, 4) is 0 Å². The van der Waals surface area contributed by atoms with E-state index in [1.54, 1.807) is 11.8 Å². The van der Waals surface area contributed by atoms with Gasteiger partial charge in [0.1, 0.15) is 11.5 Å². The van der Waals surface area contributed by atoms with Crippen LogP contribution < -0.4 is 0 Å². The molecule has 1 aliphatic heterocycles. The fraction of sp³-hybridized carbons (Fsp3) is 0.348. The fourth-order valence-electron chi connectivity index (χ4n) is 3.97. The van der Waals surface area contributed by atoms with Crippen LogP contribution in [0.25, 0.3) is 5.65 Å². The van der Waals surface area contributed by atoms with Gasteiger partial charge < -0.3 is 8.97 Å². The zero-order valence-corrected chi connectivity index (χ0v) is 18.1. The van der Waals surface area contributed by atoms with Crippen LogP contribution in [0.15, 0.2) is 60.0 Å². The Balaban J connectivity index is 1.37. The van der Waals surface area contributed by atoms with Gasteiger partial charge in [-0.3, -0.25) is 4.90 Å². The molecule has 30 heavy (non-hydrogen) atoms. The normalized spacial score (nSPS) is 14.7. The van der Waals surface area contributed by atoms with Crippen molar-refractivity contribution in [2.24, 2.45) is 0 Å². The second-order valence-corrected chi connectivity index (χ2v) is 8.89. The third-order valence-electron chi connectivity index (χ3n) is 5.54. The number of hydrogen-bond donors (Lipinski definition) is 0. The average Bonchev–Trinajstić information content (AvgIpc) is 3.49. The molecule has 0 atom stereocenters. The number of pyridine rings is 1. The largest absolute Gasteiger partial charge is 0.307 e. The Bertz CT molecular complexity index is 1130. The van der Waals surface area contributed by atoms with Crippen LogP contribution in [0, 0.1) is 6.92 Å². The van der Waals surface area contributed by atoms with E-state index < -0.39 is 0 Å². The van der Waals surface area contributed by atoms with Crippen LogP contribution in [0.2, 0.25) is 0 Å². The van der Waals surface area contributed by atoms with Gasteiger partial charge in [-0.15, -0.1) is 10.2 Å². The zero-order chi connectivity index (χ0) is 20.3. The molecule has 0 aliphatic carbocycles. The maximum Gasteiger partial charge on any atom is 0.191 e. The van der Waals surface area contributed by atoms with E-state index in [1.165, 1.54) is 24.0 Å². The molecule has 1 aromatic carbocycles. The van der Waals surface area contributed by atoms with Gasteiger partial charge in [-0.1, -0.05) is 48.2 Å². The van der Waals surface area contributed by atoms with Gasteiger partial charge in [0.15, 0.2) is 5.16 Å². The standard InChI is InChI=1S/C23H26N6S/c1-18-9-10-21-24-20(15-28(21)13-18)17-30-23-26-25-22(16-27-11-5-6-12-27)29(23)14-19-7-3-2-4-8-19/h2-4,7-10,13,15H,5-6,11-12,14,16-17H2,1H3. The smallest absolute Gasteiger partial charge is 0.191 e. The maximum atomic E-state index is 4.75. The van der Waals surface area contributed by atoms with E-state index in [4.69, 9.17) is 4.98 Å². The number of aromatic nitrogens is 5. The minimum absolute atomic E-state index is 0.775. The van der Waals surface area contributed by atoms with Gasteiger partial charge in [0, 0.05) is 18.1 Å². The summed E-state index contributed by atoms with van der Waals surface area (Å²) < 4.78 is 4.37. The molecular weight excluding hydrogens is 392 g/mol. The Morgan fingerprint density at radius 1 is 0.933 bits per heavy atom. The summed E-state index contributed by atoms with van der Waals surface area (Å²) in [6, 6.07) is 14.7. The lowest BCUT2D eigenvalue weighted by Crippen LogP contribution is -2.21. The third-order valence-corrected chi connectivity index (χ3v) is 6.54. The number of nitrogens with zero attached hydrogens (tertiary/aromatic N) is 6. The van der Waals surface area contributed by atoms with Crippen molar-refractivity contribution in [2.75, 3.05) is 13.1 Å². The first kappa shape index (κ1) is 19.3. The second kappa shape index (κ2) is 8.62. The number of rotatable bonds is 7. The van der Waals surface area contributed by atoms with Crippen LogP contribution in [0.5, 0.6) is 0 Å². The number of benzene rings is 1. The molecule has 1 saturated heterocycles. The van der Waals surface area contributed by atoms with Gasteiger partial charge in [-0.2, -0.15) is 0 Å². The van der Waals surface area contributed by atoms with Crippen molar-refractivity contribution in [3.05, 3.63) is 77.5 Å². The molecule has 0 bridgehead atoms. The number of fused-ring (bicyclic) bond motifs is 1. The molecule has 6 nitrogen and oxygen atoms in total. The van der Waals surface area contributed by atoms with Crippen LogP contribution in [0.3, 0.4) is 0 Å². The van der Waals surface area contributed by atoms with Gasteiger partial charge in [-0.25, -0.2) is 4.98 Å². The fourth-order valence-corrected chi connectivity index (χ4v) is 4.81. The maximum absolute atomic E-state index is 4.75. The summed E-state index contributed by atoms with van der Waals surface area (Å²) in [7, 11) is 0. The van der Waals surface area contributed by atoms with Gasteiger partial charge in [-0.05, 0) is 50.0 Å². The van der Waals surface area contributed by atoms with Crippen LogP contribution in [-0.4, -0.2) is 42.1 Å². The Morgan fingerprint density at radius 3 is 2.60 bits per heavy atom. The van der Waals surface area contributed by atoms with Crippen molar-refractivity contribution in [3.63, 3.8) is 0 Å². The molecule has 0 saturated carbocycles. The Labute approximate surface area is 181 Å². The van der Waals surface area contributed by atoms with Crippen molar-refractivity contribution < 1.29 is 0 Å². The lowest BCUT2D eigenvalue weighted by atomic mass is 10.2. The lowest BCUT2D eigenvalue weighted by molar-refractivity contribution is 0.316. The molecule has 4 heterocycles. The minimum atomic E-state index is 0.775. The van der Waals surface area contributed by atoms with Crippen LogP contribution in [0.1, 0.15) is 35.5 Å². The van der Waals surface area contributed by atoms with E-state index in [0.29, 0.717) is 0 Å². The monoisotopic (exact) mass is 418 g/mol. The summed E-state index contributed by atoms with van der Waals surface area (Å²) in [5, 5.41) is 10.1. The third kappa shape index (κ3) is 4.27. The number of aryl methyl sites for hydroxylation is 1. The van der Waals surface area contributed by atoms with E-state index in [0.717, 1.165) is 54.3 Å². The molecule has 1 fully saturated rings. The molecule has 1 aliphatic rings. The molecule has 0 unspecified atom stereocenters.